The fourth-order valence-electron chi connectivity index (χ4n) is 1.24. The van der Waals surface area contributed by atoms with Crippen molar-refractivity contribution < 1.29 is 0 Å². The minimum Gasteiger partial charge on any atom is -0.236 e. The molecule has 0 bridgehead atoms. The third-order valence-corrected chi connectivity index (χ3v) is 2.65. The quantitative estimate of drug-likeness (QED) is 0.758. The first-order valence-electron chi connectivity index (χ1n) is 4.44. The summed E-state index contributed by atoms with van der Waals surface area (Å²) in [6.07, 6.45) is 3.44. The summed E-state index contributed by atoms with van der Waals surface area (Å²) in [6.45, 7) is 1.93. The highest BCUT2D eigenvalue weighted by molar-refractivity contribution is 6.32. The Balaban J connectivity index is 2.45. The molecule has 0 aromatic carbocycles. The van der Waals surface area contributed by atoms with Crippen LogP contribution in [0.1, 0.15) is 11.3 Å². The third-order valence-electron chi connectivity index (χ3n) is 2.02. The van der Waals surface area contributed by atoms with Gasteiger partial charge in [-0.3, -0.25) is 0 Å². The monoisotopic (exact) mass is 241 g/mol. The molecule has 0 spiro atoms. The molecule has 0 N–H and O–H groups in total. The second kappa shape index (κ2) is 4.21. The Morgan fingerprint density at radius 3 is 2.87 bits per heavy atom. The standard InChI is InChI=1S/C10H9Cl2N3/c1-7-2-3-15(14-7)10-4-8(5-11)9(12)6-13-10/h2-4,6H,5H2,1H3. The Kier molecular flexibility index (Phi) is 2.93. The summed E-state index contributed by atoms with van der Waals surface area (Å²) in [6, 6.07) is 3.75. The van der Waals surface area contributed by atoms with Crippen molar-refractivity contribution in [2.24, 2.45) is 0 Å². The van der Waals surface area contributed by atoms with Crippen LogP contribution in [0.4, 0.5) is 0 Å². The Hall–Kier alpha value is -1.06. The summed E-state index contributed by atoms with van der Waals surface area (Å²) in [5, 5.41) is 4.84. The van der Waals surface area contributed by atoms with Gasteiger partial charge in [-0.25, -0.2) is 9.67 Å². The van der Waals surface area contributed by atoms with Gasteiger partial charge in [0.1, 0.15) is 0 Å². The van der Waals surface area contributed by atoms with E-state index in [9.17, 15) is 0 Å². The van der Waals surface area contributed by atoms with Gasteiger partial charge in [-0.05, 0) is 24.6 Å². The van der Waals surface area contributed by atoms with Crippen LogP contribution in [0.2, 0.25) is 5.02 Å². The first-order chi connectivity index (χ1) is 7.20. The molecule has 2 rings (SSSR count). The van der Waals surface area contributed by atoms with Crippen LogP contribution in [0.3, 0.4) is 0 Å². The van der Waals surface area contributed by atoms with Crippen LogP contribution in [-0.2, 0) is 5.88 Å². The van der Waals surface area contributed by atoms with E-state index in [2.05, 4.69) is 10.1 Å². The molecule has 0 saturated heterocycles. The third kappa shape index (κ3) is 2.13. The van der Waals surface area contributed by atoms with E-state index < -0.39 is 0 Å². The summed E-state index contributed by atoms with van der Waals surface area (Å²) >= 11 is 11.7. The summed E-state index contributed by atoms with van der Waals surface area (Å²) in [5.74, 6) is 1.09. The van der Waals surface area contributed by atoms with Crippen molar-refractivity contribution in [3.63, 3.8) is 0 Å². The Morgan fingerprint density at radius 1 is 1.47 bits per heavy atom. The molecule has 0 aliphatic heterocycles. The number of halogens is 2. The van der Waals surface area contributed by atoms with Gasteiger partial charge >= 0.3 is 0 Å². The number of aryl methyl sites for hydroxylation is 1. The minimum absolute atomic E-state index is 0.370. The molecule has 2 heterocycles. The van der Waals surface area contributed by atoms with Gasteiger partial charge in [0.15, 0.2) is 5.82 Å². The van der Waals surface area contributed by atoms with Crippen LogP contribution in [0.15, 0.2) is 24.5 Å². The molecular formula is C10H9Cl2N3. The molecule has 2 aromatic rings. The van der Waals surface area contributed by atoms with E-state index in [1.807, 2.05) is 25.3 Å². The Morgan fingerprint density at radius 2 is 2.27 bits per heavy atom. The highest BCUT2D eigenvalue weighted by atomic mass is 35.5. The van der Waals surface area contributed by atoms with Gasteiger partial charge in [0.05, 0.1) is 10.7 Å². The second-order valence-corrected chi connectivity index (χ2v) is 3.84. The predicted octanol–water partition coefficient (Wildman–Crippen LogP) is 2.97. The zero-order valence-corrected chi connectivity index (χ0v) is 9.63. The molecule has 0 amide bonds. The van der Waals surface area contributed by atoms with Crippen LogP contribution in [-0.4, -0.2) is 14.8 Å². The molecule has 0 atom stereocenters. The number of rotatable bonds is 2. The molecule has 5 heteroatoms. The van der Waals surface area contributed by atoms with E-state index in [1.54, 1.807) is 10.9 Å². The molecule has 0 aliphatic carbocycles. The fourth-order valence-corrected chi connectivity index (χ4v) is 1.70. The van der Waals surface area contributed by atoms with Gasteiger partial charge in [0, 0.05) is 18.3 Å². The van der Waals surface area contributed by atoms with Gasteiger partial charge < -0.3 is 0 Å². The number of hydrogen-bond donors (Lipinski definition) is 0. The van der Waals surface area contributed by atoms with E-state index in [0.29, 0.717) is 10.9 Å². The van der Waals surface area contributed by atoms with Crippen molar-refractivity contribution >= 4 is 23.2 Å². The highest BCUT2D eigenvalue weighted by Crippen LogP contribution is 2.19. The lowest BCUT2D eigenvalue weighted by Gasteiger charge is -2.03. The molecule has 0 aliphatic rings. The normalized spacial score (nSPS) is 10.6. The van der Waals surface area contributed by atoms with E-state index in [4.69, 9.17) is 23.2 Å². The predicted molar refractivity (Wildman–Crippen MR) is 60.7 cm³/mol. The zero-order chi connectivity index (χ0) is 10.8. The van der Waals surface area contributed by atoms with Gasteiger partial charge in [0.25, 0.3) is 0 Å². The number of alkyl halides is 1. The lowest BCUT2D eigenvalue weighted by molar-refractivity contribution is 0.830. The molecule has 3 nitrogen and oxygen atoms in total. The van der Waals surface area contributed by atoms with Crippen LogP contribution in [0.25, 0.3) is 5.82 Å². The fraction of sp³-hybridized carbons (Fsp3) is 0.200. The van der Waals surface area contributed by atoms with Crippen molar-refractivity contribution in [1.29, 1.82) is 0 Å². The lowest BCUT2D eigenvalue weighted by atomic mass is 10.3. The van der Waals surface area contributed by atoms with E-state index in [-0.39, 0.29) is 0 Å². The maximum absolute atomic E-state index is 5.91. The largest absolute Gasteiger partial charge is 0.236 e. The van der Waals surface area contributed by atoms with Gasteiger partial charge in [-0.15, -0.1) is 11.6 Å². The van der Waals surface area contributed by atoms with Crippen LogP contribution in [0.5, 0.6) is 0 Å². The number of aromatic nitrogens is 3. The van der Waals surface area contributed by atoms with Crippen LogP contribution >= 0.6 is 23.2 Å². The lowest BCUT2D eigenvalue weighted by Crippen LogP contribution is -1.99. The first-order valence-corrected chi connectivity index (χ1v) is 5.35. The summed E-state index contributed by atoms with van der Waals surface area (Å²) in [7, 11) is 0. The van der Waals surface area contributed by atoms with Gasteiger partial charge in [-0.1, -0.05) is 11.6 Å². The SMILES string of the molecule is Cc1ccn(-c2cc(CCl)c(Cl)cn2)n1. The van der Waals surface area contributed by atoms with Gasteiger partial charge in [0.2, 0.25) is 0 Å². The molecule has 0 saturated carbocycles. The summed E-state index contributed by atoms with van der Waals surface area (Å²) in [5.41, 5.74) is 1.80. The minimum atomic E-state index is 0.370. The Bertz CT molecular complexity index is 479. The van der Waals surface area contributed by atoms with Crippen molar-refractivity contribution in [1.82, 2.24) is 14.8 Å². The Labute approximate surface area is 97.7 Å². The molecule has 15 heavy (non-hydrogen) atoms. The average Bonchev–Trinajstić information content (AvgIpc) is 2.66. The molecule has 2 aromatic heterocycles. The number of hydrogen-bond acceptors (Lipinski definition) is 2. The smallest absolute Gasteiger partial charge is 0.153 e. The van der Waals surface area contributed by atoms with Gasteiger partial charge in [-0.2, -0.15) is 5.10 Å². The molecular weight excluding hydrogens is 233 g/mol. The topological polar surface area (TPSA) is 30.7 Å². The van der Waals surface area contributed by atoms with Crippen molar-refractivity contribution in [2.45, 2.75) is 12.8 Å². The van der Waals surface area contributed by atoms with E-state index in [0.717, 1.165) is 17.1 Å². The van der Waals surface area contributed by atoms with Crippen LogP contribution < -0.4 is 0 Å². The zero-order valence-electron chi connectivity index (χ0n) is 8.11. The molecule has 0 fully saturated rings. The summed E-state index contributed by atoms with van der Waals surface area (Å²) in [4.78, 5) is 4.18. The summed E-state index contributed by atoms with van der Waals surface area (Å²) < 4.78 is 1.70. The number of pyridine rings is 1. The van der Waals surface area contributed by atoms with Crippen molar-refractivity contribution in [2.75, 3.05) is 0 Å². The average molecular weight is 242 g/mol. The first kappa shape index (κ1) is 10.5. The van der Waals surface area contributed by atoms with E-state index in [1.165, 1.54) is 0 Å². The maximum atomic E-state index is 5.91. The van der Waals surface area contributed by atoms with Crippen molar-refractivity contribution in [3.05, 3.63) is 40.8 Å². The molecule has 78 valence electrons. The highest BCUT2D eigenvalue weighted by Gasteiger charge is 2.04. The molecule has 0 radical (unpaired) electrons. The van der Waals surface area contributed by atoms with E-state index >= 15 is 0 Å². The number of nitrogens with zero attached hydrogens (tertiary/aromatic N) is 3. The van der Waals surface area contributed by atoms with Crippen LogP contribution in [0, 0.1) is 6.92 Å². The second-order valence-electron chi connectivity index (χ2n) is 3.17. The molecule has 0 unspecified atom stereocenters. The maximum Gasteiger partial charge on any atom is 0.153 e. The van der Waals surface area contributed by atoms with Crippen molar-refractivity contribution in [3.8, 4) is 5.82 Å².